The van der Waals surface area contributed by atoms with Gasteiger partial charge in [-0.2, -0.15) is 0 Å². The van der Waals surface area contributed by atoms with Crippen molar-refractivity contribution < 1.29 is 4.79 Å². The Kier molecular flexibility index (Phi) is 4.30. The van der Waals surface area contributed by atoms with Crippen molar-refractivity contribution >= 4 is 38.8 Å². The van der Waals surface area contributed by atoms with Crippen LogP contribution < -0.4 is 5.32 Å². The maximum absolute atomic E-state index is 11.7. The maximum Gasteiger partial charge on any atom is 0.226 e. The van der Waals surface area contributed by atoms with Crippen molar-refractivity contribution in [2.75, 3.05) is 19.4 Å². The highest BCUT2D eigenvalue weighted by molar-refractivity contribution is 7.18. The van der Waals surface area contributed by atoms with Gasteiger partial charge in [-0.25, -0.2) is 4.98 Å². The fourth-order valence-corrected chi connectivity index (χ4v) is 3.19. The molecule has 0 atom stereocenters. The molecule has 0 unspecified atom stereocenters. The molecule has 0 radical (unpaired) electrons. The Labute approximate surface area is 139 Å². The van der Waals surface area contributed by atoms with E-state index in [9.17, 15) is 4.79 Å². The molecule has 0 aliphatic rings. The van der Waals surface area contributed by atoms with E-state index in [0.717, 1.165) is 27.5 Å². The topological polar surface area (TPSA) is 45.2 Å². The Morgan fingerprint density at radius 2 is 1.83 bits per heavy atom. The molecule has 0 saturated carbocycles. The molecule has 0 bridgehead atoms. The number of benzene rings is 2. The third-order valence-corrected chi connectivity index (χ3v) is 4.53. The number of nitrogens with one attached hydrogen (secondary N) is 1. The van der Waals surface area contributed by atoms with Crippen LogP contribution in [0.5, 0.6) is 0 Å². The van der Waals surface area contributed by atoms with Crippen molar-refractivity contribution in [3.8, 4) is 0 Å². The van der Waals surface area contributed by atoms with Gasteiger partial charge in [0.05, 0.1) is 21.6 Å². The van der Waals surface area contributed by atoms with Crippen LogP contribution in [0.25, 0.3) is 10.2 Å². The molecule has 1 amide bonds. The van der Waals surface area contributed by atoms with Crippen molar-refractivity contribution in [2.45, 2.75) is 13.3 Å². The average Bonchev–Trinajstić information content (AvgIpc) is 2.88. The van der Waals surface area contributed by atoms with Crippen LogP contribution in [-0.2, 0) is 11.2 Å². The van der Waals surface area contributed by atoms with E-state index in [1.807, 2.05) is 43.3 Å². The lowest BCUT2D eigenvalue weighted by Gasteiger charge is -2.11. The van der Waals surface area contributed by atoms with E-state index in [1.165, 1.54) is 4.70 Å². The monoisotopic (exact) mass is 325 g/mol. The minimum atomic E-state index is 0.108. The second kappa shape index (κ2) is 6.38. The number of likely N-dealkylation sites (N-methyl/N-ethyl adjacent to an activating group) is 1. The molecule has 1 aromatic heterocycles. The number of fused-ring (bicyclic) bond motifs is 1. The zero-order chi connectivity index (χ0) is 16.4. The quantitative estimate of drug-likeness (QED) is 0.789. The first-order valence-corrected chi connectivity index (χ1v) is 8.26. The summed E-state index contributed by atoms with van der Waals surface area (Å²) in [5.74, 6) is 0.108. The molecule has 0 spiro atoms. The molecule has 0 aliphatic heterocycles. The number of nitrogens with zero attached hydrogens (tertiary/aromatic N) is 2. The first kappa shape index (κ1) is 15.5. The lowest BCUT2D eigenvalue weighted by atomic mass is 10.1. The summed E-state index contributed by atoms with van der Waals surface area (Å²) in [7, 11) is 3.55. The number of aromatic nitrogens is 1. The lowest BCUT2D eigenvalue weighted by Crippen LogP contribution is -2.23. The van der Waals surface area contributed by atoms with E-state index >= 15 is 0 Å². The highest BCUT2D eigenvalue weighted by Gasteiger charge is 2.06. The fourth-order valence-electron chi connectivity index (χ4n) is 2.32. The standard InChI is InChI=1S/C18H19N3OS/c1-12-19-16-9-8-15(11-17(16)23-12)20-14-6-4-13(5-7-14)10-18(22)21(2)3/h4-9,11,20H,10H2,1-3H3. The number of carbonyl (C=O) groups is 1. The highest BCUT2D eigenvalue weighted by atomic mass is 32.1. The normalized spacial score (nSPS) is 10.7. The predicted octanol–water partition coefficient (Wildman–Crippen LogP) is 3.98. The minimum Gasteiger partial charge on any atom is -0.355 e. The molecule has 23 heavy (non-hydrogen) atoms. The number of hydrogen-bond donors (Lipinski definition) is 1. The van der Waals surface area contributed by atoms with Crippen molar-refractivity contribution in [3.05, 3.63) is 53.0 Å². The Hall–Kier alpha value is -2.40. The van der Waals surface area contributed by atoms with Crippen molar-refractivity contribution in [1.82, 2.24) is 9.88 Å². The van der Waals surface area contributed by atoms with Gasteiger partial charge in [-0.3, -0.25) is 4.79 Å². The molecular formula is C18H19N3OS. The van der Waals surface area contributed by atoms with E-state index in [0.29, 0.717) is 6.42 Å². The first-order chi connectivity index (χ1) is 11.0. The second-order valence-corrected chi connectivity index (χ2v) is 6.94. The minimum absolute atomic E-state index is 0.108. The van der Waals surface area contributed by atoms with Gasteiger partial charge in [-0.05, 0) is 42.8 Å². The molecule has 118 valence electrons. The van der Waals surface area contributed by atoms with Crippen LogP contribution in [-0.4, -0.2) is 29.9 Å². The summed E-state index contributed by atoms with van der Waals surface area (Å²) in [6, 6.07) is 14.2. The summed E-state index contributed by atoms with van der Waals surface area (Å²) in [6.45, 7) is 2.02. The van der Waals surface area contributed by atoms with Gasteiger partial charge in [0.2, 0.25) is 5.91 Å². The van der Waals surface area contributed by atoms with E-state index in [1.54, 1.807) is 30.3 Å². The molecular weight excluding hydrogens is 306 g/mol. The van der Waals surface area contributed by atoms with Crippen molar-refractivity contribution in [1.29, 1.82) is 0 Å². The van der Waals surface area contributed by atoms with Gasteiger partial charge in [-0.1, -0.05) is 12.1 Å². The Bertz CT molecular complexity index is 837. The molecule has 1 N–H and O–H groups in total. The summed E-state index contributed by atoms with van der Waals surface area (Å²) >= 11 is 1.70. The summed E-state index contributed by atoms with van der Waals surface area (Å²) in [6.07, 6.45) is 0.430. The van der Waals surface area contributed by atoms with Crippen molar-refractivity contribution in [3.63, 3.8) is 0 Å². The van der Waals surface area contributed by atoms with Gasteiger partial charge in [0.25, 0.3) is 0 Å². The van der Waals surface area contributed by atoms with Crippen LogP contribution >= 0.6 is 11.3 Å². The zero-order valence-electron chi connectivity index (χ0n) is 13.5. The molecule has 1 heterocycles. The molecule has 3 rings (SSSR count). The predicted molar refractivity (Wildman–Crippen MR) is 96.5 cm³/mol. The van der Waals surface area contributed by atoms with E-state index < -0.39 is 0 Å². The SMILES string of the molecule is Cc1nc2ccc(Nc3ccc(CC(=O)N(C)C)cc3)cc2s1. The van der Waals surface area contributed by atoms with Crippen LogP contribution in [0, 0.1) is 6.92 Å². The molecule has 3 aromatic rings. The van der Waals surface area contributed by atoms with Gasteiger partial charge in [0.1, 0.15) is 0 Å². The van der Waals surface area contributed by atoms with Crippen molar-refractivity contribution in [2.24, 2.45) is 0 Å². The van der Waals surface area contributed by atoms with Gasteiger partial charge in [0, 0.05) is 25.5 Å². The van der Waals surface area contributed by atoms with Gasteiger partial charge in [0.15, 0.2) is 0 Å². The Morgan fingerprint density at radius 3 is 2.52 bits per heavy atom. The first-order valence-electron chi connectivity index (χ1n) is 7.44. The van der Waals surface area contributed by atoms with Crippen LogP contribution in [0.2, 0.25) is 0 Å². The summed E-state index contributed by atoms with van der Waals surface area (Å²) in [5, 5.41) is 4.47. The Morgan fingerprint density at radius 1 is 1.13 bits per heavy atom. The molecule has 0 aliphatic carbocycles. The zero-order valence-corrected chi connectivity index (χ0v) is 14.3. The summed E-state index contributed by atoms with van der Waals surface area (Å²) in [5.41, 5.74) is 4.10. The van der Waals surface area contributed by atoms with Gasteiger partial charge >= 0.3 is 0 Å². The molecule has 0 fully saturated rings. The molecule has 2 aromatic carbocycles. The maximum atomic E-state index is 11.7. The van der Waals surface area contributed by atoms with E-state index in [-0.39, 0.29) is 5.91 Å². The third kappa shape index (κ3) is 3.68. The largest absolute Gasteiger partial charge is 0.355 e. The second-order valence-electron chi connectivity index (χ2n) is 5.70. The molecule has 0 saturated heterocycles. The van der Waals surface area contributed by atoms with Gasteiger partial charge < -0.3 is 10.2 Å². The third-order valence-electron chi connectivity index (χ3n) is 3.59. The summed E-state index contributed by atoms with van der Waals surface area (Å²) < 4.78 is 1.18. The van der Waals surface area contributed by atoms with E-state index in [2.05, 4.69) is 16.4 Å². The number of amides is 1. The van der Waals surface area contributed by atoms with Crippen LogP contribution in [0.15, 0.2) is 42.5 Å². The van der Waals surface area contributed by atoms with Crippen LogP contribution in [0.3, 0.4) is 0 Å². The van der Waals surface area contributed by atoms with Crippen LogP contribution in [0.1, 0.15) is 10.6 Å². The number of carbonyl (C=O) groups excluding carboxylic acids is 1. The average molecular weight is 325 g/mol. The highest BCUT2D eigenvalue weighted by Crippen LogP contribution is 2.26. The number of rotatable bonds is 4. The number of anilines is 2. The van der Waals surface area contributed by atoms with Gasteiger partial charge in [-0.15, -0.1) is 11.3 Å². The lowest BCUT2D eigenvalue weighted by molar-refractivity contribution is -0.127. The fraction of sp³-hybridized carbons (Fsp3) is 0.222. The smallest absolute Gasteiger partial charge is 0.226 e. The molecule has 4 nitrogen and oxygen atoms in total. The number of thiazole rings is 1. The van der Waals surface area contributed by atoms with E-state index in [4.69, 9.17) is 0 Å². The Balaban J connectivity index is 1.72. The molecule has 5 heteroatoms. The van der Waals surface area contributed by atoms with Crippen LogP contribution in [0.4, 0.5) is 11.4 Å². The summed E-state index contributed by atoms with van der Waals surface area (Å²) in [4.78, 5) is 17.8. The number of aryl methyl sites for hydroxylation is 1. The number of hydrogen-bond acceptors (Lipinski definition) is 4.